The third-order valence-corrected chi connectivity index (χ3v) is 3.85. The lowest BCUT2D eigenvalue weighted by molar-refractivity contribution is 0.617. The lowest BCUT2D eigenvalue weighted by Gasteiger charge is -2.07. The Morgan fingerprint density at radius 3 is 2.74 bits per heavy atom. The maximum Gasteiger partial charge on any atom is 0.128 e. The van der Waals surface area contributed by atoms with Crippen LogP contribution in [0.5, 0.6) is 0 Å². The molecule has 19 heavy (non-hydrogen) atoms. The highest BCUT2D eigenvalue weighted by Crippen LogP contribution is 2.29. The van der Waals surface area contributed by atoms with Crippen LogP contribution in [0.25, 0.3) is 0 Å². The second kappa shape index (κ2) is 5.77. The molecule has 0 atom stereocenters. The number of anilines is 1. The molecule has 0 heterocycles. The molecule has 2 nitrogen and oxygen atoms in total. The second-order valence-corrected chi connectivity index (χ2v) is 5.27. The van der Waals surface area contributed by atoms with Crippen molar-refractivity contribution in [1.82, 2.24) is 0 Å². The summed E-state index contributed by atoms with van der Waals surface area (Å²) in [6, 6.07) is 12.2. The molecule has 0 bridgehead atoms. The van der Waals surface area contributed by atoms with Gasteiger partial charge in [0.1, 0.15) is 5.82 Å². The summed E-state index contributed by atoms with van der Waals surface area (Å²) in [7, 11) is 0. The predicted molar refractivity (Wildman–Crippen MR) is 76.3 cm³/mol. The molecule has 96 valence electrons. The van der Waals surface area contributed by atoms with Gasteiger partial charge in [-0.05, 0) is 42.3 Å². The number of thioether (sulfide) groups is 1. The van der Waals surface area contributed by atoms with Crippen LogP contribution < -0.4 is 5.73 Å². The van der Waals surface area contributed by atoms with E-state index in [1.54, 1.807) is 12.1 Å². The van der Waals surface area contributed by atoms with Crippen LogP contribution in [0.15, 0.2) is 41.3 Å². The van der Waals surface area contributed by atoms with E-state index in [-0.39, 0.29) is 5.82 Å². The summed E-state index contributed by atoms with van der Waals surface area (Å²) in [6.07, 6.45) is 0. The third-order valence-electron chi connectivity index (χ3n) is 2.73. The minimum Gasteiger partial charge on any atom is -0.398 e. The summed E-state index contributed by atoms with van der Waals surface area (Å²) in [5.74, 6) is 0.142. The van der Waals surface area contributed by atoms with Crippen molar-refractivity contribution in [2.75, 3.05) is 5.73 Å². The Labute approximate surface area is 116 Å². The minimum atomic E-state index is -0.349. The third kappa shape index (κ3) is 3.27. The summed E-state index contributed by atoms with van der Waals surface area (Å²) in [5.41, 5.74) is 8.61. The maximum absolute atomic E-state index is 13.7. The van der Waals surface area contributed by atoms with Gasteiger partial charge in [-0.1, -0.05) is 12.1 Å². The molecule has 0 fully saturated rings. The van der Waals surface area contributed by atoms with E-state index in [4.69, 9.17) is 11.0 Å². The Hall–Kier alpha value is -1.99. The van der Waals surface area contributed by atoms with Gasteiger partial charge in [0.05, 0.1) is 11.6 Å². The standard InChI is InChI=1S/C15H13FN2S/c1-10-2-5-14(18)15(6-10)19-9-12-4-3-11(8-17)7-13(12)16/h2-7H,9,18H2,1H3. The van der Waals surface area contributed by atoms with Crippen LogP contribution in [0.4, 0.5) is 10.1 Å². The smallest absolute Gasteiger partial charge is 0.128 e. The summed E-state index contributed by atoms with van der Waals surface area (Å²) in [6.45, 7) is 1.99. The van der Waals surface area contributed by atoms with Gasteiger partial charge in [0, 0.05) is 16.3 Å². The largest absolute Gasteiger partial charge is 0.398 e. The molecule has 2 rings (SSSR count). The van der Waals surface area contributed by atoms with E-state index in [0.29, 0.717) is 22.6 Å². The number of nitrogens with zero attached hydrogens (tertiary/aromatic N) is 1. The molecule has 2 N–H and O–H groups in total. The SMILES string of the molecule is Cc1ccc(N)c(SCc2ccc(C#N)cc2F)c1. The van der Waals surface area contributed by atoms with Crippen LogP contribution in [-0.2, 0) is 5.75 Å². The molecule has 0 amide bonds. The van der Waals surface area contributed by atoms with Crippen LogP contribution in [-0.4, -0.2) is 0 Å². The maximum atomic E-state index is 13.7. The summed E-state index contributed by atoms with van der Waals surface area (Å²) >= 11 is 1.49. The monoisotopic (exact) mass is 272 g/mol. The van der Waals surface area contributed by atoms with Gasteiger partial charge >= 0.3 is 0 Å². The molecular weight excluding hydrogens is 259 g/mol. The second-order valence-electron chi connectivity index (χ2n) is 4.25. The van der Waals surface area contributed by atoms with E-state index in [1.807, 2.05) is 31.2 Å². The van der Waals surface area contributed by atoms with Crippen molar-refractivity contribution in [3.05, 3.63) is 58.9 Å². The normalized spacial score (nSPS) is 10.2. The van der Waals surface area contributed by atoms with Crippen molar-refractivity contribution in [2.45, 2.75) is 17.6 Å². The van der Waals surface area contributed by atoms with Gasteiger partial charge in [-0.3, -0.25) is 0 Å². The van der Waals surface area contributed by atoms with Crippen molar-refractivity contribution in [1.29, 1.82) is 5.26 Å². The van der Waals surface area contributed by atoms with Crippen molar-refractivity contribution in [3.63, 3.8) is 0 Å². The number of rotatable bonds is 3. The van der Waals surface area contributed by atoms with Crippen molar-refractivity contribution >= 4 is 17.4 Å². The number of hydrogen-bond donors (Lipinski definition) is 1. The molecule has 2 aromatic rings. The molecule has 0 aliphatic carbocycles. The molecule has 0 spiro atoms. The molecule has 0 saturated carbocycles. The zero-order valence-electron chi connectivity index (χ0n) is 10.5. The number of nitrogens with two attached hydrogens (primary N) is 1. The van der Waals surface area contributed by atoms with Gasteiger partial charge in [0.25, 0.3) is 0 Å². The highest BCUT2D eigenvalue weighted by Gasteiger charge is 2.06. The Morgan fingerprint density at radius 1 is 1.26 bits per heavy atom. The lowest BCUT2D eigenvalue weighted by atomic mass is 10.1. The van der Waals surface area contributed by atoms with E-state index in [9.17, 15) is 4.39 Å². The molecule has 0 saturated heterocycles. The fourth-order valence-electron chi connectivity index (χ4n) is 1.66. The molecule has 0 unspecified atom stereocenters. The van der Waals surface area contributed by atoms with Crippen molar-refractivity contribution in [2.24, 2.45) is 0 Å². The van der Waals surface area contributed by atoms with Gasteiger partial charge in [0.15, 0.2) is 0 Å². The van der Waals surface area contributed by atoms with Crippen LogP contribution in [0, 0.1) is 24.1 Å². The lowest BCUT2D eigenvalue weighted by Crippen LogP contribution is -1.92. The molecule has 0 aliphatic rings. The topological polar surface area (TPSA) is 49.8 Å². The van der Waals surface area contributed by atoms with Gasteiger partial charge in [0.2, 0.25) is 0 Å². The fraction of sp³-hybridized carbons (Fsp3) is 0.133. The van der Waals surface area contributed by atoms with E-state index < -0.39 is 0 Å². The summed E-state index contributed by atoms with van der Waals surface area (Å²) < 4.78 is 13.7. The first-order valence-corrected chi connectivity index (χ1v) is 6.76. The minimum absolute atomic E-state index is 0.335. The Morgan fingerprint density at radius 2 is 2.05 bits per heavy atom. The number of benzene rings is 2. The quantitative estimate of drug-likeness (QED) is 0.681. The highest BCUT2D eigenvalue weighted by atomic mass is 32.2. The van der Waals surface area contributed by atoms with Crippen molar-refractivity contribution in [3.8, 4) is 6.07 Å². The summed E-state index contributed by atoms with van der Waals surface area (Å²) in [4.78, 5) is 0.948. The highest BCUT2D eigenvalue weighted by molar-refractivity contribution is 7.98. The number of hydrogen-bond acceptors (Lipinski definition) is 3. The van der Waals surface area contributed by atoms with Crippen molar-refractivity contribution < 1.29 is 4.39 Å². The van der Waals surface area contributed by atoms with E-state index in [0.717, 1.165) is 10.5 Å². The molecule has 0 aromatic heterocycles. The zero-order chi connectivity index (χ0) is 13.8. The van der Waals surface area contributed by atoms with Crippen LogP contribution in [0.1, 0.15) is 16.7 Å². The number of aryl methyl sites for hydroxylation is 1. The molecule has 4 heteroatoms. The average Bonchev–Trinajstić information content (AvgIpc) is 2.40. The first-order chi connectivity index (χ1) is 9.10. The molecule has 2 aromatic carbocycles. The molecular formula is C15H13FN2S. The van der Waals surface area contributed by atoms with Crippen LogP contribution in [0.3, 0.4) is 0 Å². The van der Waals surface area contributed by atoms with Gasteiger partial charge in [-0.2, -0.15) is 5.26 Å². The fourth-order valence-corrected chi connectivity index (χ4v) is 2.71. The van der Waals surface area contributed by atoms with Gasteiger partial charge in [-0.15, -0.1) is 11.8 Å². The van der Waals surface area contributed by atoms with E-state index in [1.165, 1.54) is 17.8 Å². The number of nitrogen functional groups attached to an aromatic ring is 1. The van der Waals surface area contributed by atoms with Gasteiger partial charge in [-0.25, -0.2) is 4.39 Å². The predicted octanol–water partition coefficient (Wildman–Crippen LogP) is 3.88. The Balaban J connectivity index is 2.15. The first kappa shape index (κ1) is 13.4. The van der Waals surface area contributed by atoms with E-state index >= 15 is 0 Å². The van der Waals surface area contributed by atoms with Crippen LogP contribution in [0.2, 0.25) is 0 Å². The number of nitriles is 1. The Bertz CT molecular complexity index is 647. The molecule has 0 radical (unpaired) electrons. The zero-order valence-corrected chi connectivity index (χ0v) is 11.3. The Kier molecular flexibility index (Phi) is 4.08. The van der Waals surface area contributed by atoms with Crippen LogP contribution >= 0.6 is 11.8 Å². The average molecular weight is 272 g/mol. The molecule has 0 aliphatic heterocycles. The van der Waals surface area contributed by atoms with Gasteiger partial charge < -0.3 is 5.73 Å². The number of halogens is 1. The summed E-state index contributed by atoms with van der Waals surface area (Å²) in [5, 5.41) is 8.69. The first-order valence-electron chi connectivity index (χ1n) is 5.77. The van der Waals surface area contributed by atoms with E-state index in [2.05, 4.69) is 0 Å².